The molecule has 0 fully saturated rings. The van der Waals surface area contributed by atoms with Crippen LogP contribution in [0.3, 0.4) is 0 Å². The predicted molar refractivity (Wildman–Crippen MR) is 93.3 cm³/mol. The Hall–Kier alpha value is -2.39. The number of ketones is 1. The molecule has 2 aromatic carbocycles. The molecule has 2 aromatic rings. The average Bonchev–Trinajstić information content (AvgIpc) is 2.54. The smallest absolute Gasteiger partial charge is 0.185 e. The molecule has 0 aliphatic rings. The van der Waals surface area contributed by atoms with Crippen molar-refractivity contribution in [2.75, 3.05) is 32.5 Å². The number of nitrogens with zero attached hydrogens (tertiary/aromatic N) is 1. The number of benzene rings is 2. The predicted octanol–water partition coefficient (Wildman–Crippen LogP) is 3.56. The molecule has 0 saturated heterocycles. The molecule has 0 amide bonds. The summed E-state index contributed by atoms with van der Waals surface area (Å²) in [5.41, 5.74) is 2.82. The first-order chi connectivity index (χ1) is 10.6. The van der Waals surface area contributed by atoms with Crippen LogP contribution in [-0.4, -0.2) is 37.9 Å². The molecule has 0 radical (unpaired) electrons. The summed E-state index contributed by atoms with van der Waals surface area (Å²) < 4.78 is 0. The summed E-state index contributed by atoms with van der Waals surface area (Å²) >= 11 is 0. The highest BCUT2D eigenvalue weighted by atomic mass is 16.1. The molecule has 0 aliphatic carbocycles. The molecule has 114 valence electrons. The number of allylic oxidation sites excluding steroid dienone is 1. The molecule has 22 heavy (non-hydrogen) atoms. The quantitative estimate of drug-likeness (QED) is 0.626. The van der Waals surface area contributed by atoms with Crippen molar-refractivity contribution in [1.29, 1.82) is 0 Å². The minimum atomic E-state index is 0.0220. The highest BCUT2D eigenvalue weighted by Crippen LogP contribution is 2.11. The van der Waals surface area contributed by atoms with Gasteiger partial charge in [-0.2, -0.15) is 0 Å². The fraction of sp³-hybridized carbons (Fsp3) is 0.211. The Balaban J connectivity index is 1.91. The van der Waals surface area contributed by atoms with Crippen LogP contribution in [0.15, 0.2) is 60.7 Å². The van der Waals surface area contributed by atoms with Gasteiger partial charge in [0.15, 0.2) is 5.78 Å². The summed E-state index contributed by atoms with van der Waals surface area (Å²) in [6.45, 7) is 1.90. The summed E-state index contributed by atoms with van der Waals surface area (Å²) in [6.07, 6.45) is 3.46. The molecule has 3 heteroatoms. The van der Waals surface area contributed by atoms with Crippen LogP contribution in [0.1, 0.15) is 15.9 Å². The van der Waals surface area contributed by atoms with E-state index in [-0.39, 0.29) is 5.78 Å². The first kappa shape index (κ1) is 16.0. The van der Waals surface area contributed by atoms with E-state index in [2.05, 4.69) is 24.3 Å². The van der Waals surface area contributed by atoms with E-state index >= 15 is 0 Å². The molecule has 1 N–H and O–H groups in total. The van der Waals surface area contributed by atoms with E-state index in [4.69, 9.17) is 0 Å². The molecule has 0 aliphatic heterocycles. The van der Waals surface area contributed by atoms with Gasteiger partial charge in [-0.05, 0) is 37.9 Å². The van der Waals surface area contributed by atoms with E-state index in [0.29, 0.717) is 5.56 Å². The Labute approximate surface area is 132 Å². The van der Waals surface area contributed by atoms with E-state index in [1.54, 1.807) is 6.08 Å². The van der Waals surface area contributed by atoms with Gasteiger partial charge in [-0.25, -0.2) is 0 Å². The Morgan fingerprint density at radius 3 is 2.36 bits per heavy atom. The van der Waals surface area contributed by atoms with Crippen molar-refractivity contribution in [2.45, 2.75) is 0 Å². The van der Waals surface area contributed by atoms with Crippen LogP contribution in [0.25, 0.3) is 6.08 Å². The third-order valence-electron chi connectivity index (χ3n) is 3.28. The maximum absolute atomic E-state index is 12.0. The number of hydrogen-bond acceptors (Lipinski definition) is 3. The minimum Gasteiger partial charge on any atom is -0.384 e. The van der Waals surface area contributed by atoms with Crippen LogP contribution in [-0.2, 0) is 0 Å². The third kappa shape index (κ3) is 5.19. The van der Waals surface area contributed by atoms with Gasteiger partial charge in [-0.3, -0.25) is 4.79 Å². The van der Waals surface area contributed by atoms with Crippen LogP contribution in [0.5, 0.6) is 0 Å². The summed E-state index contributed by atoms with van der Waals surface area (Å²) in [5, 5.41) is 3.36. The molecule has 0 spiro atoms. The summed E-state index contributed by atoms with van der Waals surface area (Å²) in [5.74, 6) is 0.0220. The molecular formula is C19H22N2O. The Morgan fingerprint density at radius 2 is 1.73 bits per heavy atom. The minimum absolute atomic E-state index is 0.0220. The molecule has 3 nitrogen and oxygen atoms in total. The van der Waals surface area contributed by atoms with Crippen LogP contribution in [0.4, 0.5) is 5.69 Å². The maximum Gasteiger partial charge on any atom is 0.185 e. The van der Waals surface area contributed by atoms with E-state index in [9.17, 15) is 4.79 Å². The standard InChI is InChI=1S/C19H22N2O/c1-21(2)15-14-20-18-11-8-16(9-12-18)10-13-19(22)17-6-4-3-5-7-17/h3-13,20H,14-15H2,1-2H3/b13-10+. The molecule has 0 heterocycles. The largest absolute Gasteiger partial charge is 0.384 e. The number of likely N-dealkylation sites (N-methyl/N-ethyl adjacent to an activating group) is 1. The van der Waals surface area contributed by atoms with E-state index < -0.39 is 0 Å². The van der Waals surface area contributed by atoms with Gasteiger partial charge >= 0.3 is 0 Å². The highest BCUT2D eigenvalue weighted by molar-refractivity contribution is 6.06. The van der Waals surface area contributed by atoms with Gasteiger partial charge in [-0.1, -0.05) is 48.5 Å². The monoisotopic (exact) mass is 294 g/mol. The summed E-state index contributed by atoms with van der Waals surface area (Å²) in [4.78, 5) is 14.1. The van der Waals surface area contributed by atoms with Gasteiger partial charge in [0.1, 0.15) is 0 Å². The zero-order valence-corrected chi connectivity index (χ0v) is 13.1. The van der Waals surface area contributed by atoms with Crippen LogP contribution in [0.2, 0.25) is 0 Å². The molecule has 2 rings (SSSR count). The fourth-order valence-corrected chi connectivity index (χ4v) is 2.01. The second-order valence-electron chi connectivity index (χ2n) is 5.42. The van der Waals surface area contributed by atoms with Gasteiger partial charge in [0.2, 0.25) is 0 Å². The van der Waals surface area contributed by atoms with Gasteiger partial charge in [0.05, 0.1) is 0 Å². The second kappa shape index (κ2) is 8.15. The number of anilines is 1. The van der Waals surface area contributed by atoms with Gasteiger partial charge in [0.25, 0.3) is 0 Å². The first-order valence-electron chi connectivity index (χ1n) is 7.41. The molecule has 0 unspecified atom stereocenters. The summed E-state index contributed by atoms with van der Waals surface area (Å²) in [7, 11) is 4.11. The van der Waals surface area contributed by atoms with Gasteiger partial charge in [-0.15, -0.1) is 0 Å². The van der Waals surface area contributed by atoms with Crippen molar-refractivity contribution in [2.24, 2.45) is 0 Å². The van der Waals surface area contributed by atoms with Crippen LogP contribution < -0.4 is 5.32 Å². The Bertz CT molecular complexity index is 616. The Morgan fingerprint density at radius 1 is 1.05 bits per heavy atom. The first-order valence-corrected chi connectivity index (χ1v) is 7.41. The molecular weight excluding hydrogens is 272 g/mol. The van der Waals surface area contributed by atoms with Crippen molar-refractivity contribution in [3.8, 4) is 0 Å². The summed E-state index contributed by atoms with van der Waals surface area (Å²) in [6, 6.07) is 17.4. The highest BCUT2D eigenvalue weighted by Gasteiger charge is 1.99. The van der Waals surface area contributed by atoms with Crippen molar-refractivity contribution in [1.82, 2.24) is 4.90 Å². The molecule has 0 aromatic heterocycles. The number of carbonyl (C=O) groups excluding carboxylic acids is 1. The number of rotatable bonds is 7. The lowest BCUT2D eigenvalue weighted by Crippen LogP contribution is -2.20. The molecule has 0 bridgehead atoms. The van der Waals surface area contributed by atoms with Crippen molar-refractivity contribution in [3.05, 3.63) is 71.8 Å². The van der Waals surface area contributed by atoms with Crippen LogP contribution >= 0.6 is 0 Å². The fourth-order valence-electron chi connectivity index (χ4n) is 2.01. The Kier molecular flexibility index (Phi) is 5.92. The van der Waals surface area contributed by atoms with Gasteiger partial charge in [0, 0.05) is 24.3 Å². The van der Waals surface area contributed by atoms with Crippen LogP contribution in [0, 0.1) is 0 Å². The lowest BCUT2D eigenvalue weighted by Gasteiger charge is -2.11. The van der Waals surface area contributed by atoms with Crippen molar-refractivity contribution < 1.29 is 4.79 Å². The lowest BCUT2D eigenvalue weighted by atomic mass is 10.1. The van der Waals surface area contributed by atoms with Crippen molar-refractivity contribution >= 4 is 17.5 Å². The van der Waals surface area contributed by atoms with Gasteiger partial charge < -0.3 is 10.2 Å². The number of nitrogens with one attached hydrogen (secondary N) is 1. The van der Waals surface area contributed by atoms with E-state index in [1.165, 1.54) is 0 Å². The zero-order chi connectivity index (χ0) is 15.8. The number of carbonyl (C=O) groups is 1. The second-order valence-corrected chi connectivity index (χ2v) is 5.42. The molecule has 0 saturated carbocycles. The van der Waals surface area contributed by atoms with E-state index in [0.717, 1.165) is 24.3 Å². The van der Waals surface area contributed by atoms with E-state index in [1.807, 2.05) is 60.7 Å². The molecule has 0 atom stereocenters. The van der Waals surface area contributed by atoms with Crippen molar-refractivity contribution in [3.63, 3.8) is 0 Å². The third-order valence-corrected chi connectivity index (χ3v) is 3.28. The SMILES string of the molecule is CN(C)CCNc1ccc(/C=C/C(=O)c2ccccc2)cc1. The normalized spacial score (nSPS) is 11.0. The lowest BCUT2D eigenvalue weighted by molar-refractivity contribution is 0.104. The average molecular weight is 294 g/mol. The topological polar surface area (TPSA) is 32.3 Å². The number of hydrogen-bond donors (Lipinski definition) is 1. The maximum atomic E-state index is 12.0. The zero-order valence-electron chi connectivity index (χ0n) is 13.1.